The maximum absolute atomic E-state index is 12.5. The predicted octanol–water partition coefficient (Wildman–Crippen LogP) is 3.70. The lowest BCUT2D eigenvalue weighted by molar-refractivity contribution is 0.0578. The summed E-state index contributed by atoms with van der Waals surface area (Å²) in [6.07, 6.45) is 0.309. The highest BCUT2D eigenvalue weighted by molar-refractivity contribution is 6.60. The highest BCUT2D eigenvalue weighted by atomic mass is 28.4. The number of amides is 1. The molecule has 0 saturated heterocycles. The molecule has 0 atom stereocenters. The minimum absolute atomic E-state index is 0.367. The summed E-state index contributed by atoms with van der Waals surface area (Å²) in [5.74, 6) is 0. The zero-order valence-electron chi connectivity index (χ0n) is 15.5. The number of nitrogens with zero attached hydrogens (tertiary/aromatic N) is 1. The van der Waals surface area contributed by atoms with Crippen molar-refractivity contribution in [3.05, 3.63) is 30.3 Å². The molecule has 0 fully saturated rings. The summed E-state index contributed by atoms with van der Waals surface area (Å²) in [5, 5.41) is 0. The van der Waals surface area contributed by atoms with Crippen LogP contribution in [0.2, 0.25) is 6.04 Å². The molecule has 136 valence electrons. The normalized spacial score (nSPS) is 12.1. The van der Waals surface area contributed by atoms with Crippen LogP contribution in [0.4, 0.5) is 10.5 Å². The number of carbonyl (C=O) groups excluding carboxylic acids is 1. The second kappa shape index (κ2) is 9.17. The van der Waals surface area contributed by atoms with E-state index in [0.29, 0.717) is 19.0 Å². The van der Waals surface area contributed by atoms with E-state index in [4.69, 9.17) is 18.0 Å². The van der Waals surface area contributed by atoms with Crippen LogP contribution in [0.25, 0.3) is 0 Å². The molecule has 1 amide bonds. The van der Waals surface area contributed by atoms with E-state index in [1.807, 2.05) is 51.1 Å². The molecule has 1 rings (SSSR count). The fourth-order valence-corrected chi connectivity index (χ4v) is 3.96. The van der Waals surface area contributed by atoms with Gasteiger partial charge in [-0.3, -0.25) is 4.90 Å². The summed E-state index contributed by atoms with van der Waals surface area (Å²) < 4.78 is 21.8. The summed E-state index contributed by atoms with van der Waals surface area (Å²) >= 11 is 0. The lowest BCUT2D eigenvalue weighted by Crippen LogP contribution is -2.44. The second-order valence-electron chi connectivity index (χ2n) is 6.37. The monoisotopic (exact) mass is 355 g/mol. The van der Waals surface area contributed by atoms with Gasteiger partial charge in [-0.05, 0) is 39.3 Å². The van der Waals surface area contributed by atoms with Crippen molar-refractivity contribution in [2.24, 2.45) is 0 Å². The quantitative estimate of drug-likeness (QED) is 0.666. The molecule has 0 N–H and O–H groups in total. The van der Waals surface area contributed by atoms with Crippen LogP contribution in [0.15, 0.2) is 30.3 Å². The number of ether oxygens (including phenoxy) is 1. The molecular formula is C17H29NO5Si. The van der Waals surface area contributed by atoms with Crippen molar-refractivity contribution in [2.45, 2.75) is 38.8 Å². The van der Waals surface area contributed by atoms with E-state index >= 15 is 0 Å². The molecule has 0 radical (unpaired) electrons. The lowest BCUT2D eigenvalue weighted by atomic mass is 10.2. The first-order chi connectivity index (χ1) is 11.3. The summed E-state index contributed by atoms with van der Waals surface area (Å²) in [6, 6.07) is 10.1. The average molecular weight is 356 g/mol. The molecule has 1 aromatic rings. The van der Waals surface area contributed by atoms with E-state index in [-0.39, 0.29) is 6.09 Å². The number of anilines is 1. The van der Waals surface area contributed by atoms with Crippen molar-refractivity contribution < 1.29 is 22.8 Å². The molecule has 0 aliphatic carbocycles. The summed E-state index contributed by atoms with van der Waals surface area (Å²) in [7, 11) is 2.11. The zero-order valence-corrected chi connectivity index (χ0v) is 16.5. The summed E-state index contributed by atoms with van der Waals surface area (Å²) in [5.41, 5.74) is 0.250. The van der Waals surface area contributed by atoms with Crippen molar-refractivity contribution in [3.8, 4) is 0 Å². The highest BCUT2D eigenvalue weighted by Crippen LogP contribution is 2.21. The Kier molecular flexibility index (Phi) is 7.88. The first kappa shape index (κ1) is 20.6. The molecule has 0 unspecified atom stereocenters. The van der Waals surface area contributed by atoms with Crippen LogP contribution in [-0.4, -0.2) is 48.4 Å². The third-order valence-electron chi connectivity index (χ3n) is 3.48. The Hall–Kier alpha value is -1.41. The Bertz CT molecular complexity index is 491. The number of benzene rings is 1. The SMILES string of the molecule is CO[Si](CCCN(C(=O)OC(C)(C)C)c1ccccc1)(OC)OC. The molecule has 0 aliphatic heterocycles. The topological polar surface area (TPSA) is 57.2 Å². The summed E-state index contributed by atoms with van der Waals surface area (Å²) in [4.78, 5) is 14.2. The molecule has 1 aromatic carbocycles. The number of hydrogen-bond donors (Lipinski definition) is 0. The van der Waals surface area contributed by atoms with Crippen molar-refractivity contribution in [1.29, 1.82) is 0 Å². The van der Waals surface area contributed by atoms with E-state index in [0.717, 1.165) is 5.69 Å². The van der Waals surface area contributed by atoms with Crippen LogP contribution in [0.5, 0.6) is 0 Å². The molecule has 24 heavy (non-hydrogen) atoms. The minimum atomic E-state index is -2.65. The van der Waals surface area contributed by atoms with Gasteiger partial charge in [-0.15, -0.1) is 0 Å². The average Bonchev–Trinajstić information content (AvgIpc) is 2.55. The standard InChI is InChI=1S/C17H29NO5Si/c1-17(2,3)23-16(19)18(15-11-8-7-9-12-15)13-10-14-24(20-4,21-5)22-6/h7-9,11-12H,10,13-14H2,1-6H3. The second-order valence-corrected chi connectivity index (χ2v) is 9.46. The van der Waals surface area contributed by atoms with Gasteiger partial charge in [0.1, 0.15) is 5.60 Å². The Morgan fingerprint density at radius 2 is 1.58 bits per heavy atom. The fourth-order valence-electron chi connectivity index (χ4n) is 2.26. The van der Waals surface area contributed by atoms with Gasteiger partial charge in [0.05, 0.1) is 0 Å². The molecule has 0 heterocycles. The van der Waals surface area contributed by atoms with Crippen molar-refractivity contribution in [3.63, 3.8) is 0 Å². The van der Waals surface area contributed by atoms with Gasteiger partial charge >= 0.3 is 14.9 Å². The highest BCUT2D eigenvalue weighted by Gasteiger charge is 2.37. The largest absolute Gasteiger partial charge is 0.500 e. The van der Waals surface area contributed by atoms with Crippen molar-refractivity contribution in [2.75, 3.05) is 32.8 Å². The number of para-hydroxylation sites is 1. The Morgan fingerprint density at radius 3 is 2.04 bits per heavy atom. The van der Waals surface area contributed by atoms with Gasteiger partial charge in [0.25, 0.3) is 0 Å². The molecule has 0 spiro atoms. The Balaban J connectivity index is 2.82. The van der Waals surface area contributed by atoms with Gasteiger partial charge < -0.3 is 18.0 Å². The molecule has 0 saturated carbocycles. The molecule has 0 bridgehead atoms. The molecule has 7 heteroatoms. The Labute approximate surface area is 146 Å². The maximum atomic E-state index is 12.5. The predicted molar refractivity (Wildman–Crippen MR) is 96.2 cm³/mol. The van der Waals surface area contributed by atoms with Crippen LogP contribution in [0.1, 0.15) is 27.2 Å². The van der Waals surface area contributed by atoms with E-state index in [1.165, 1.54) is 0 Å². The minimum Gasteiger partial charge on any atom is -0.443 e. The van der Waals surface area contributed by atoms with Crippen LogP contribution >= 0.6 is 0 Å². The van der Waals surface area contributed by atoms with Crippen LogP contribution in [-0.2, 0) is 18.0 Å². The number of hydrogen-bond acceptors (Lipinski definition) is 5. The summed E-state index contributed by atoms with van der Waals surface area (Å²) in [6.45, 7) is 6.05. The lowest BCUT2D eigenvalue weighted by Gasteiger charge is -2.29. The molecule has 0 aliphatic rings. The Morgan fingerprint density at radius 1 is 1.04 bits per heavy atom. The molecular weight excluding hydrogens is 326 g/mol. The van der Waals surface area contributed by atoms with Gasteiger partial charge in [-0.1, -0.05) is 18.2 Å². The smallest absolute Gasteiger partial charge is 0.443 e. The molecule has 0 aromatic heterocycles. The third kappa shape index (κ3) is 6.24. The van der Waals surface area contributed by atoms with E-state index in [9.17, 15) is 4.79 Å². The first-order valence-corrected chi connectivity index (χ1v) is 9.91. The van der Waals surface area contributed by atoms with Gasteiger partial charge in [-0.25, -0.2) is 4.79 Å². The van der Waals surface area contributed by atoms with Crippen LogP contribution < -0.4 is 4.90 Å². The van der Waals surface area contributed by atoms with Gasteiger partial charge in [-0.2, -0.15) is 0 Å². The van der Waals surface area contributed by atoms with Gasteiger partial charge in [0.2, 0.25) is 0 Å². The van der Waals surface area contributed by atoms with E-state index in [2.05, 4.69) is 0 Å². The number of carbonyl (C=O) groups is 1. The van der Waals surface area contributed by atoms with E-state index < -0.39 is 14.4 Å². The van der Waals surface area contributed by atoms with Gasteiger partial charge in [0.15, 0.2) is 0 Å². The van der Waals surface area contributed by atoms with Crippen LogP contribution in [0, 0.1) is 0 Å². The fraction of sp³-hybridized carbons (Fsp3) is 0.588. The first-order valence-electron chi connectivity index (χ1n) is 7.98. The third-order valence-corrected chi connectivity index (χ3v) is 6.31. The van der Waals surface area contributed by atoms with Crippen molar-refractivity contribution >= 4 is 20.6 Å². The van der Waals surface area contributed by atoms with Crippen molar-refractivity contribution in [1.82, 2.24) is 0 Å². The van der Waals surface area contributed by atoms with Gasteiger partial charge in [0, 0.05) is 39.6 Å². The number of rotatable bonds is 8. The zero-order chi connectivity index (χ0) is 18.2. The maximum Gasteiger partial charge on any atom is 0.500 e. The molecule has 6 nitrogen and oxygen atoms in total. The van der Waals surface area contributed by atoms with E-state index in [1.54, 1.807) is 26.2 Å². The van der Waals surface area contributed by atoms with Crippen LogP contribution in [0.3, 0.4) is 0 Å².